The van der Waals surface area contributed by atoms with E-state index in [1.807, 2.05) is 0 Å². The number of rotatable bonds is 8. The van der Waals surface area contributed by atoms with E-state index in [-0.39, 0.29) is 0 Å². The molecule has 0 aliphatic heterocycles. The molecule has 4 saturated carbocycles. The summed E-state index contributed by atoms with van der Waals surface area (Å²) >= 11 is 0. The van der Waals surface area contributed by atoms with E-state index in [9.17, 15) is 0 Å². The molecule has 4 bridgehead atoms. The highest BCUT2D eigenvalue weighted by molar-refractivity contribution is 5.82. The number of hydrogen-bond donors (Lipinski definition) is 0. The Morgan fingerprint density at radius 2 is 1.30 bits per heavy atom. The van der Waals surface area contributed by atoms with Crippen LogP contribution in [0.3, 0.4) is 0 Å². The van der Waals surface area contributed by atoms with Crippen LogP contribution >= 0.6 is 0 Å². The molecule has 7 rings (SSSR count). The van der Waals surface area contributed by atoms with Gasteiger partial charge in [0, 0.05) is 11.1 Å². The topological polar surface area (TPSA) is 18.5 Å². The van der Waals surface area contributed by atoms with Gasteiger partial charge >= 0.3 is 0 Å². The van der Waals surface area contributed by atoms with E-state index in [1.165, 1.54) is 43.2 Å². The maximum Gasteiger partial charge on any atom is 0.135 e. The second kappa shape index (κ2) is 8.65. The molecule has 170 valence electrons. The number of para-hydroxylation sites is 1. The van der Waals surface area contributed by atoms with Gasteiger partial charge in [0.25, 0.3) is 0 Å². The van der Waals surface area contributed by atoms with Crippen LogP contribution in [0.2, 0.25) is 0 Å². The van der Waals surface area contributed by atoms with E-state index in [0.717, 1.165) is 34.6 Å². The average Bonchev–Trinajstić information content (AvgIpc) is 3.29. The first-order chi connectivity index (χ1) is 16.2. The molecule has 0 amide bonds. The van der Waals surface area contributed by atoms with Gasteiger partial charge in [0.15, 0.2) is 0 Å². The number of hydrogen-bond acceptors (Lipinski definition) is 2. The van der Waals surface area contributed by atoms with Crippen molar-refractivity contribution < 1.29 is 9.47 Å². The van der Waals surface area contributed by atoms with E-state index in [0.29, 0.717) is 24.7 Å². The van der Waals surface area contributed by atoms with Crippen LogP contribution < -0.4 is 4.74 Å². The zero-order valence-electron chi connectivity index (χ0n) is 19.6. The Balaban J connectivity index is 1.18. The fraction of sp³-hybridized carbons (Fsp3) is 0.419. The maximum absolute atomic E-state index is 6.50. The Hall–Kier alpha value is -2.58. The summed E-state index contributed by atoms with van der Waals surface area (Å²) in [5.74, 6) is 3.88. The van der Waals surface area contributed by atoms with Crippen molar-refractivity contribution in [3.05, 3.63) is 78.9 Å². The molecule has 3 atom stereocenters. The molecule has 3 aromatic rings. The van der Waals surface area contributed by atoms with Crippen molar-refractivity contribution in [3.63, 3.8) is 0 Å². The largest absolute Gasteiger partial charge is 0.490 e. The summed E-state index contributed by atoms with van der Waals surface area (Å²) in [6.07, 6.45) is 7.48. The first kappa shape index (κ1) is 21.0. The number of ether oxygens (including phenoxy) is 2. The second-order valence-electron chi connectivity index (χ2n) is 10.6. The highest BCUT2D eigenvalue weighted by Crippen LogP contribution is 2.65. The monoisotopic (exact) mass is 438 g/mol. The van der Waals surface area contributed by atoms with Gasteiger partial charge in [0.1, 0.15) is 12.4 Å². The Morgan fingerprint density at radius 3 is 1.85 bits per heavy atom. The van der Waals surface area contributed by atoms with E-state index >= 15 is 0 Å². The lowest BCUT2D eigenvalue weighted by Gasteiger charge is -2.42. The summed E-state index contributed by atoms with van der Waals surface area (Å²) in [5.41, 5.74) is 5.06. The third kappa shape index (κ3) is 3.89. The van der Waals surface area contributed by atoms with Crippen LogP contribution in [-0.4, -0.2) is 19.3 Å². The molecule has 0 heterocycles. The van der Waals surface area contributed by atoms with Gasteiger partial charge in [-0.25, -0.2) is 0 Å². The second-order valence-corrected chi connectivity index (χ2v) is 10.6. The van der Waals surface area contributed by atoms with Crippen LogP contribution in [0.25, 0.3) is 22.3 Å². The Labute approximate surface area is 197 Å². The van der Waals surface area contributed by atoms with E-state index < -0.39 is 0 Å². The summed E-state index contributed by atoms with van der Waals surface area (Å²) in [4.78, 5) is 0. The van der Waals surface area contributed by atoms with E-state index in [4.69, 9.17) is 9.47 Å². The van der Waals surface area contributed by atoms with Crippen LogP contribution in [0.1, 0.15) is 39.0 Å². The first-order valence-corrected chi connectivity index (χ1v) is 12.7. The molecule has 0 N–H and O–H groups in total. The van der Waals surface area contributed by atoms with Gasteiger partial charge < -0.3 is 9.47 Å². The minimum atomic E-state index is 0.328. The smallest absolute Gasteiger partial charge is 0.135 e. The molecule has 3 unspecified atom stereocenters. The third-order valence-corrected chi connectivity index (χ3v) is 8.72. The van der Waals surface area contributed by atoms with Crippen LogP contribution in [0.15, 0.2) is 78.9 Å². The molecule has 0 spiro atoms. The minimum Gasteiger partial charge on any atom is -0.490 e. The number of benzene rings is 3. The first-order valence-electron chi connectivity index (χ1n) is 12.7. The molecule has 0 radical (unpaired) electrons. The third-order valence-electron chi connectivity index (χ3n) is 8.72. The lowest BCUT2D eigenvalue weighted by molar-refractivity contribution is -0.0632. The SMILES string of the molecule is CC(OCCOc1c(-c2ccccc2)cccc1-c1ccccc1)C12CC3CC(C1)C(C3)C2. The quantitative estimate of drug-likeness (QED) is 0.337. The zero-order chi connectivity index (χ0) is 22.3. The standard InChI is InChI=1S/C31H34O2/c1-22(31-19-23-17-26(20-31)27(18-23)21-31)32-15-16-33-30-28(24-9-4-2-5-10-24)13-8-14-29(30)25-11-6-3-7-12-25/h2-14,22-23,26-27H,15-21H2,1H3. The molecule has 3 aromatic carbocycles. The summed E-state index contributed by atoms with van der Waals surface area (Å²) < 4.78 is 13.0. The molecular weight excluding hydrogens is 404 g/mol. The van der Waals surface area contributed by atoms with Crippen LogP contribution in [0.4, 0.5) is 0 Å². The van der Waals surface area contributed by atoms with Crippen molar-refractivity contribution >= 4 is 0 Å². The van der Waals surface area contributed by atoms with Gasteiger partial charge in [-0.3, -0.25) is 0 Å². The minimum absolute atomic E-state index is 0.328. The predicted molar refractivity (Wildman–Crippen MR) is 134 cm³/mol. The zero-order valence-corrected chi connectivity index (χ0v) is 19.6. The van der Waals surface area contributed by atoms with Crippen LogP contribution in [0, 0.1) is 23.2 Å². The molecule has 0 saturated heterocycles. The lowest BCUT2D eigenvalue weighted by Crippen LogP contribution is -2.39. The van der Waals surface area contributed by atoms with Crippen LogP contribution in [0.5, 0.6) is 5.75 Å². The van der Waals surface area contributed by atoms with Crippen molar-refractivity contribution in [1.29, 1.82) is 0 Å². The molecule has 2 nitrogen and oxygen atoms in total. The molecule has 2 heteroatoms. The van der Waals surface area contributed by atoms with Crippen molar-refractivity contribution in [2.75, 3.05) is 13.2 Å². The highest BCUT2D eigenvalue weighted by Gasteiger charge is 2.57. The molecule has 33 heavy (non-hydrogen) atoms. The summed E-state index contributed by atoms with van der Waals surface area (Å²) in [7, 11) is 0. The van der Waals surface area contributed by atoms with E-state index in [1.54, 1.807) is 0 Å². The Bertz CT molecular complexity index is 1010. The van der Waals surface area contributed by atoms with Crippen molar-refractivity contribution in [2.45, 2.75) is 45.1 Å². The fourth-order valence-electron chi connectivity index (χ4n) is 7.30. The van der Waals surface area contributed by atoms with Crippen molar-refractivity contribution in [3.8, 4) is 28.0 Å². The van der Waals surface area contributed by atoms with Crippen LogP contribution in [-0.2, 0) is 4.74 Å². The van der Waals surface area contributed by atoms with Gasteiger partial charge in [-0.15, -0.1) is 0 Å². The summed E-state index contributed by atoms with van der Waals surface area (Å²) in [6, 6.07) is 27.5. The average molecular weight is 439 g/mol. The predicted octanol–water partition coefficient (Wildman–Crippen LogP) is 7.63. The van der Waals surface area contributed by atoms with Gasteiger partial charge in [-0.1, -0.05) is 78.9 Å². The van der Waals surface area contributed by atoms with Gasteiger partial charge in [-0.05, 0) is 73.3 Å². The summed E-state index contributed by atoms with van der Waals surface area (Å²) in [5, 5.41) is 0. The Morgan fingerprint density at radius 1 is 0.727 bits per heavy atom. The normalized spacial score (nSPS) is 28.2. The molecule has 0 aromatic heterocycles. The van der Waals surface area contributed by atoms with E-state index in [2.05, 4.69) is 85.8 Å². The molecule has 4 aliphatic rings. The van der Waals surface area contributed by atoms with Gasteiger partial charge in [0.05, 0.1) is 12.7 Å². The molecular formula is C31H34O2. The fourth-order valence-corrected chi connectivity index (χ4v) is 7.30. The lowest BCUT2D eigenvalue weighted by atomic mass is 9.66. The van der Waals surface area contributed by atoms with Crippen molar-refractivity contribution in [1.82, 2.24) is 0 Å². The Kier molecular flexibility index (Phi) is 5.50. The van der Waals surface area contributed by atoms with Gasteiger partial charge in [0.2, 0.25) is 0 Å². The van der Waals surface area contributed by atoms with Crippen molar-refractivity contribution in [2.24, 2.45) is 23.2 Å². The molecule has 4 aliphatic carbocycles. The molecule has 4 fully saturated rings. The maximum atomic E-state index is 6.50. The van der Waals surface area contributed by atoms with Gasteiger partial charge in [-0.2, -0.15) is 0 Å². The summed E-state index contributed by atoms with van der Waals surface area (Å²) in [6.45, 7) is 3.53. The highest BCUT2D eigenvalue weighted by atomic mass is 16.5.